The van der Waals surface area contributed by atoms with Gasteiger partial charge in [-0.3, -0.25) is 0 Å². The molecule has 1 aromatic rings. The molecule has 0 amide bonds. The first kappa shape index (κ1) is 16.5. The lowest BCUT2D eigenvalue weighted by Crippen LogP contribution is -2.31. The fourth-order valence-corrected chi connectivity index (χ4v) is 4.99. The Morgan fingerprint density at radius 1 is 1.42 bits per heavy atom. The molecule has 0 aliphatic heterocycles. The standard InChI is InChI=1S/C7H9BrN2O6S3/c8-6-5(3-4(17-6)7(11)12)19(15,16)10-1-2-18(9,13)14/h3,10H,1-2H2,(H,11,12)(H2,9,13,14). The molecule has 0 atom stereocenters. The van der Waals surface area contributed by atoms with E-state index in [1.54, 1.807) is 0 Å². The van der Waals surface area contributed by atoms with Crippen LogP contribution < -0.4 is 9.86 Å². The van der Waals surface area contributed by atoms with Gasteiger partial charge in [0.15, 0.2) is 0 Å². The van der Waals surface area contributed by atoms with Crippen molar-refractivity contribution in [1.82, 2.24) is 4.72 Å². The third kappa shape index (κ3) is 4.81. The number of sulfonamides is 2. The van der Waals surface area contributed by atoms with Crippen LogP contribution in [0.3, 0.4) is 0 Å². The van der Waals surface area contributed by atoms with Crippen LogP contribution in [0, 0.1) is 0 Å². The number of rotatable bonds is 6. The summed E-state index contributed by atoms with van der Waals surface area (Å²) < 4.78 is 47.1. The first-order valence-corrected chi connectivity index (χ1v) is 9.36. The Morgan fingerprint density at radius 3 is 2.42 bits per heavy atom. The normalized spacial score (nSPS) is 12.5. The van der Waals surface area contributed by atoms with Crippen LogP contribution in [0.1, 0.15) is 9.67 Å². The number of aromatic carboxylic acids is 1. The fourth-order valence-electron chi connectivity index (χ4n) is 1.04. The van der Waals surface area contributed by atoms with Gasteiger partial charge < -0.3 is 5.11 Å². The second kappa shape index (κ2) is 5.85. The number of carboxylic acids is 1. The molecule has 0 fully saturated rings. The molecule has 0 aliphatic rings. The maximum absolute atomic E-state index is 11.8. The van der Waals surface area contributed by atoms with Crippen LogP contribution in [0.15, 0.2) is 14.7 Å². The molecule has 0 saturated heterocycles. The Labute approximate surface area is 121 Å². The van der Waals surface area contributed by atoms with Gasteiger partial charge in [-0.15, -0.1) is 11.3 Å². The highest BCUT2D eigenvalue weighted by Gasteiger charge is 2.23. The van der Waals surface area contributed by atoms with E-state index < -0.39 is 38.3 Å². The van der Waals surface area contributed by atoms with E-state index in [-0.39, 0.29) is 13.6 Å². The smallest absolute Gasteiger partial charge is 0.345 e. The van der Waals surface area contributed by atoms with Crippen LogP contribution in [-0.4, -0.2) is 40.2 Å². The van der Waals surface area contributed by atoms with Crippen molar-refractivity contribution >= 4 is 53.3 Å². The molecule has 0 saturated carbocycles. The molecule has 4 N–H and O–H groups in total. The number of primary sulfonamides is 1. The van der Waals surface area contributed by atoms with Crippen molar-refractivity contribution in [3.63, 3.8) is 0 Å². The van der Waals surface area contributed by atoms with E-state index in [4.69, 9.17) is 10.2 Å². The summed E-state index contributed by atoms with van der Waals surface area (Å²) in [7, 11) is -7.77. The summed E-state index contributed by atoms with van der Waals surface area (Å²) in [6.45, 7) is -0.397. The van der Waals surface area contributed by atoms with Crippen molar-refractivity contribution < 1.29 is 26.7 Å². The Morgan fingerprint density at radius 2 is 2.00 bits per heavy atom. The number of carbonyl (C=O) groups is 1. The monoisotopic (exact) mass is 392 g/mol. The third-order valence-electron chi connectivity index (χ3n) is 1.83. The summed E-state index contributed by atoms with van der Waals surface area (Å²) in [5.41, 5.74) is 0. The van der Waals surface area contributed by atoms with Crippen molar-refractivity contribution in [3.05, 3.63) is 14.7 Å². The maximum atomic E-state index is 11.8. The Balaban J connectivity index is 2.92. The van der Waals surface area contributed by atoms with Crippen LogP contribution >= 0.6 is 27.3 Å². The predicted molar refractivity (Wildman–Crippen MR) is 72.1 cm³/mol. The Bertz CT molecular complexity index is 692. The molecule has 108 valence electrons. The van der Waals surface area contributed by atoms with E-state index in [0.29, 0.717) is 0 Å². The third-order valence-corrected chi connectivity index (χ3v) is 6.31. The van der Waals surface area contributed by atoms with Crippen LogP contribution in [-0.2, 0) is 20.0 Å². The minimum absolute atomic E-state index is 0.119. The van der Waals surface area contributed by atoms with Crippen molar-refractivity contribution in [1.29, 1.82) is 0 Å². The molecule has 0 unspecified atom stereocenters. The van der Waals surface area contributed by atoms with Crippen LogP contribution in [0.2, 0.25) is 0 Å². The summed E-state index contributed by atoms with van der Waals surface area (Å²) in [6, 6.07) is 0.983. The van der Waals surface area contributed by atoms with E-state index in [9.17, 15) is 21.6 Å². The summed E-state index contributed by atoms with van der Waals surface area (Å²) in [5.74, 6) is -1.81. The SMILES string of the molecule is NS(=O)(=O)CCNS(=O)(=O)c1cc(C(=O)O)sc1Br. The van der Waals surface area contributed by atoms with E-state index in [2.05, 4.69) is 15.9 Å². The second-order valence-corrected chi connectivity index (χ2v) is 9.16. The maximum Gasteiger partial charge on any atom is 0.345 e. The zero-order valence-corrected chi connectivity index (χ0v) is 13.2. The molecule has 19 heavy (non-hydrogen) atoms. The molecule has 0 aliphatic carbocycles. The van der Waals surface area contributed by atoms with Gasteiger partial charge in [0.1, 0.15) is 9.77 Å². The second-order valence-electron chi connectivity index (χ2n) is 3.32. The molecule has 8 nitrogen and oxygen atoms in total. The predicted octanol–water partition coefficient (Wildman–Crippen LogP) is -0.224. The van der Waals surface area contributed by atoms with E-state index in [1.807, 2.05) is 4.72 Å². The van der Waals surface area contributed by atoms with Crippen LogP contribution in [0.25, 0.3) is 0 Å². The molecule has 0 bridgehead atoms. The van der Waals surface area contributed by atoms with Crippen LogP contribution in [0.5, 0.6) is 0 Å². The Hall–Kier alpha value is -0.530. The highest BCUT2D eigenvalue weighted by atomic mass is 79.9. The average molecular weight is 393 g/mol. The van der Waals surface area contributed by atoms with Gasteiger partial charge in [0.25, 0.3) is 0 Å². The molecule has 0 radical (unpaired) electrons. The molecule has 0 aromatic carbocycles. The first-order valence-electron chi connectivity index (χ1n) is 4.56. The summed E-state index contributed by atoms with van der Waals surface area (Å²) >= 11 is 3.69. The van der Waals surface area contributed by atoms with Gasteiger partial charge >= 0.3 is 5.97 Å². The molecule has 1 rings (SSSR count). The molecular weight excluding hydrogens is 384 g/mol. The van der Waals surface area contributed by atoms with Gasteiger partial charge in [-0.1, -0.05) is 0 Å². The van der Waals surface area contributed by atoms with Crippen molar-refractivity contribution in [2.45, 2.75) is 4.90 Å². The zero-order valence-electron chi connectivity index (χ0n) is 9.16. The largest absolute Gasteiger partial charge is 0.477 e. The minimum Gasteiger partial charge on any atom is -0.477 e. The molecule has 12 heteroatoms. The number of carboxylic acid groups (broad SMARTS) is 1. The van der Waals surface area contributed by atoms with Gasteiger partial charge in [0.2, 0.25) is 20.0 Å². The van der Waals surface area contributed by atoms with Gasteiger partial charge in [-0.25, -0.2) is 31.5 Å². The highest BCUT2D eigenvalue weighted by molar-refractivity contribution is 9.11. The summed E-state index contributed by atoms with van der Waals surface area (Å²) in [5, 5.41) is 13.5. The molecular formula is C7H9BrN2O6S3. The van der Waals surface area contributed by atoms with E-state index >= 15 is 0 Å². The lowest BCUT2D eigenvalue weighted by molar-refractivity contribution is 0.0702. The van der Waals surface area contributed by atoms with Crippen LogP contribution in [0.4, 0.5) is 0 Å². The van der Waals surface area contributed by atoms with Crippen molar-refractivity contribution in [2.75, 3.05) is 12.3 Å². The first-order chi connectivity index (χ1) is 8.53. The quantitative estimate of drug-likeness (QED) is 0.609. The fraction of sp³-hybridized carbons (Fsp3) is 0.286. The topological polar surface area (TPSA) is 144 Å². The number of hydrogen-bond donors (Lipinski definition) is 3. The number of halogens is 1. The molecule has 1 aromatic heterocycles. The number of thiophene rings is 1. The average Bonchev–Trinajstić information content (AvgIpc) is 2.58. The van der Waals surface area contributed by atoms with Crippen molar-refractivity contribution in [3.8, 4) is 0 Å². The van der Waals surface area contributed by atoms with Gasteiger partial charge in [-0.2, -0.15) is 0 Å². The Kier molecular flexibility index (Phi) is 5.08. The lowest BCUT2D eigenvalue weighted by atomic mass is 10.5. The molecule has 0 spiro atoms. The molecule has 1 heterocycles. The van der Waals surface area contributed by atoms with Gasteiger partial charge in [0, 0.05) is 6.54 Å². The van der Waals surface area contributed by atoms with Crippen molar-refractivity contribution in [2.24, 2.45) is 5.14 Å². The highest BCUT2D eigenvalue weighted by Crippen LogP contribution is 2.31. The van der Waals surface area contributed by atoms with Gasteiger partial charge in [0.05, 0.1) is 9.54 Å². The van der Waals surface area contributed by atoms with E-state index in [0.717, 1.165) is 17.4 Å². The minimum atomic E-state index is -4.00. The lowest BCUT2D eigenvalue weighted by Gasteiger charge is -2.04. The number of hydrogen-bond acceptors (Lipinski definition) is 6. The van der Waals surface area contributed by atoms with E-state index in [1.165, 1.54) is 0 Å². The van der Waals surface area contributed by atoms with Gasteiger partial charge in [-0.05, 0) is 22.0 Å². The number of nitrogens with one attached hydrogen (secondary N) is 1. The summed E-state index contributed by atoms with van der Waals surface area (Å²) in [6.07, 6.45) is 0. The zero-order chi connectivity index (χ0) is 14.8. The summed E-state index contributed by atoms with van der Waals surface area (Å²) in [4.78, 5) is 10.3. The number of nitrogens with two attached hydrogens (primary N) is 1.